The van der Waals surface area contributed by atoms with E-state index in [2.05, 4.69) is 29.6 Å². The third-order valence-electron chi connectivity index (χ3n) is 3.85. The monoisotopic (exact) mass is 235 g/mol. The van der Waals surface area contributed by atoms with Gasteiger partial charge in [-0.1, -0.05) is 39.5 Å². The van der Waals surface area contributed by atoms with E-state index in [-0.39, 0.29) is 0 Å². The molecule has 1 aromatic rings. The van der Waals surface area contributed by atoms with Gasteiger partial charge in [0.05, 0.1) is 0 Å². The summed E-state index contributed by atoms with van der Waals surface area (Å²) in [5.74, 6) is 1.66. The predicted octanol–water partition coefficient (Wildman–Crippen LogP) is 3.23. The van der Waals surface area contributed by atoms with Gasteiger partial charge in [-0.05, 0) is 12.8 Å². The summed E-state index contributed by atoms with van der Waals surface area (Å²) in [5.41, 5.74) is 6.36. The van der Waals surface area contributed by atoms with Crippen LogP contribution in [0.15, 0.2) is 12.4 Å². The first-order chi connectivity index (χ1) is 8.20. The maximum absolute atomic E-state index is 6.36. The second-order valence-corrected chi connectivity index (χ2v) is 5.57. The highest BCUT2D eigenvalue weighted by Gasteiger charge is 2.23. The molecule has 96 valence electrons. The predicted molar refractivity (Wildman–Crippen MR) is 71.0 cm³/mol. The molecule has 0 radical (unpaired) electrons. The number of hydrogen-bond acceptors (Lipinski definition) is 2. The fraction of sp³-hybridized carbons (Fsp3) is 0.786. The zero-order chi connectivity index (χ0) is 12.3. The molecule has 0 aromatic carbocycles. The van der Waals surface area contributed by atoms with Crippen LogP contribution in [-0.2, 0) is 0 Å². The zero-order valence-electron chi connectivity index (χ0n) is 11.1. The molecule has 1 heterocycles. The molecule has 0 aliphatic heterocycles. The molecule has 2 unspecified atom stereocenters. The normalized spacial score (nSPS) is 26.8. The molecule has 1 fully saturated rings. The second-order valence-electron chi connectivity index (χ2n) is 5.57. The van der Waals surface area contributed by atoms with Gasteiger partial charge in [-0.15, -0.1) is 0 Å². The first kappa shape index (κ1) is 12.6. The van der Waals surface area contributed by atoms with Crippen LogP contribution in [0.2, 0.25) is 0 Å². The van der Waals surface area contributed by atoms with Gasteiger partial charge >= 0.3 is 0 Å². The highest BCUT2D eigenvalue weighted by Crippen LogP contribution is 2.28. The van der Waals surface area contributed by atoms with Crippen LogP contribution in [0.3, 0.4) is 0 Å². The molecule has 1 aliphatic carbocycles. The van der Waals surface area contributed by atoms with Crippen LogP contribution in [-0.4, -0.2) is 15.6 Å². The summed E-state index contributed by atoms with van der Waals surface area (Å²) >= 11 is 0. The minimum absolute atomic E-state index is 0.294. The van der Waals surface area contributed by atoms with Gasteiger partial charge < -0.3 is 10.3 Å². The Morgan fingerprint density at radius 1 is 1.24 bits per heavy atom. The lowest BCUT2D eigenvalue weighted by Crippen LogP contribution is -2.34. The molecule has 2 N–H and O–H groups in total. The third kappa shape index (κ3) is 2.89. The van der Waals surface area contributed by atoms with E-state index >= 15 is 0 Å². The van der Waals surface area contributed by atoms with E-state index in [1.165, 1.54) is 37.9 Å². The number of nitrogens with two attached hydrogens (primary N) is 1. The van der Waals surface area contributed by atoms with Gasteiger partial charge in [0.25, 0.3) is 0 Å². The van der Waals surface area contributed by atoms with E-state index in [1.807, 2.05) is 6.20 Å². The molecule has 2 rings (SSSR count). The van der Waals surface area contributed by atoms with Crippen LogP contribution in [0.4, 0.5) is 0 Å². The highest BCUT2D eigenvalue weighted by atomic mass is 15.1. The van der Waals surface area contributed by atoms with Crippen molar-refractivity contribution in [3.63, 3.8) is 0 Å². The van der Waals surface area contributed by atoms with Gasteiger partial charge in [0.1, 0.15) is 5.82 Å². The smallest absolute Gasteiger partial charge is 0.111 e. The van der Waals surface area contributed by atoms with Crippen LogP contribution >= 0.6 is 0 Å². The molecule has 17 heavy (non-hydrogen) atoms. The number of aromatic nitrogens is 2. The fourth-order valence-corrected chi connectivity index (χ4v) is 2.89. The molecular formula is C14H25N3. The van der Waals surface area contributed by atoms with Crippen LogP contribution in [0.1, 0.15) is 70.2 Å². The molecule has 0 saturated heterocycles. The number of imidazole rings is 1. The molecule has 0 spiro atoms. The first-order valence-electron chi connectivity index (χ1n) is 6.98. The van der Waals surface area contributed by atoms with E-state index in [9.17, 15) is 0 Å². The Hall–Kier alpha value is -0.830. The SMILES string of the molecule is CC(C)c1nccn1C1CCCCCCC1N. The first-order valence-corrected chi connectivity index (χ1v) is 6.98. The molecular weight excluding hydrogens is 210 g/mol. The van der Waals surface area contributed by atoms with Crippen molar-refractivity contribution in [2.45, 2.75) is 70.4 Å². The molecule has 3 nitrogen and oxygen atoms in total. The van der Waals surface area contributed by atoms with E-state index in [1.54, 1.807) is 0 Å². The average molecular weight is 235 g/mol. The quantitative estimate of drug-likeness (QED) is 0.855. The lowest BCUT2D eigenvalue weighted by molar-refractivity contribution is 0.318. The van der Waals surface area contributed by atoms with Crippen molar-refractivity contribution in [2.24, 2.45) is 5.73 Å². The minimum atomic E-state index is 0.294. The maximum atomic E-state index is 6.36. The molecule has 3 heteroatoms. The Bertz CT molecular complexity index is 343. The molecule has 0 amide bonds. The van der Waals surface area contributed by atoms with E-state index in [0.29, 0.717) is 18.0 Å². The van der Waals surface area contributed by atoms with Gasteiger partial charge in [-0.2, -0.15) is 0 Å². The Morgan fingerprint density at radius 3 is 2.65 bits per heavy atom. The summed E-state index contributed by atoms with van der Waals surface area (Å²) in [6.07, 6.45) is 11.7. The van der Waals surface area contributed by atoms with Crippen molar-refractivity contribution in [2.75, 3.05) is 0 Å². The van der Waals surface area contributed by atoms with Gasteiger partial charge in [-0.3, -0.25) is 0 Å². The summed E-state index contributed by atoms with van der Waals surface area (Å²) in [5, 5.41) is 0. The topological polar surface area (TPSA) is 43.8 Å². The Labute approximate surface area is 104 Å². The summed E-state index contributed by atoms with van der Waals surface area (Å²) in [6.45, 7) is 4.40. The molecule has 1 aliphatic rings. The number of nitrogens with zero attached hydrogens (tertiary/aromatic N) is 2. The fourth-order valence-electron chi connectivity index (χ4n) is 2.89. The van der Waals surface area contributed by atoms with E-state index in [0.717, 1.165) is 6.42 Å². The Morgan fingerprint density at radius 2 is 1.94 bits per heavy atom. The Balaban J connectivity index is 2.19. The Kier molecular flexibility index (Phi) is 4.21. The van der Waals surface area contributed by atoms with Crippen LogP contribution in [0.25, 0.3) is 0 Å². The lowest BCUT2D eigenvalue weighted by atomic mass is 9.92. The molecule has 1 aromatic heterocycles. The van der Waals surface area contributed by atoms with Gasteiger partial charge in [0.15, 0.2) is 0 Å². The van der Waals surface area contributed by atoms with Crippen molar-refractivity contribution < 1.29 is 0 Å². The summed E-state index contributed by atoms with van der Waals surface area (Å²) in [7, 11) is 0. The van der Waals surface area contributed by atoms with Crippen LogP contribution in [0.5, 0.6) is 0 Å². The summed E-state index contributed by atoms with van der Waals surface area (Å²) in [6, 6.07) is 0.747. The standard InChI is InChI=1S/C14H25N3/c1-11(2)14-16-9-10-17(14)13-8-6-4-3-5-7-12(13)15/h9-13H,3-8,15H2,1-2H3. The van der Waals surface area contributed by atoms with E-state index in [4.69, 9.17) is 5.73 Å². The van der Waals surface area contributed by atoms with Crippen molar-refractivity contribution in [1.29, 1.82) is 0 Å². The molecule has 2 atom stereocenters. The van der Waals surface area contributed by atoms with E-state index < -0.39 is 0 Å². The highest BCUT2D eigenvalue weighted by molar-refractivity contribution is 5.01. The molecule has 0 bridgehead atoms. The zero-order valence-corrected chi connectivity index (χ0v) is 11.1. The van der Waals surface area contributed by atoms with Crippen molar-refractivity contribution >= 4 is 0 Å². The van der Waals surface area contributed by atoms with Gasteiger partial charge in [0, 0.05) is 30.4 Å². The van der Waals surface area contributed by atoms with Gasteiger partial charge in [-0.25, -0.2) is 4.98 Å². The maximum Gasteiger partial charge on any atom is 0.111 e. The average Bonchev–Trinajstić information content (AvgIpc) is 2.73. The third-order valence-corrected chi connectivity index (χ3v) is 3.85. The number of hydrogen-bond donors (Lipinski definition) is 1. The minimum Gasteiger partial charge on any atom is -0.330 e. The number of rotatable bonds is 2. The van der Waals surface area contributed by atoms with Gasteiger partial charge in [0.2, 0.25) is 0 Å². The van der Waals surface area contributed by atoms with Crippen molar-refractivity contribution in [1.82, 2.24) is 9.55 Å². The second kappa shape index (κ2) is 5.67. The van der Waals surface area contributed by atoms with Crippen molar-refractivity contribution in [3.8, 4) is 0 Å². The largest absolute Gasteiger partial charge is 0.330 e. The summed E-state index contributed by atoms with van der Waals surface area (Å²) in [4.78, 5) is 4.49. The summed E-state index contributed by atoms with van der Waals surface area (Å²) < 4.78 is 2.33. The van der Waals surface area contributed by atoms with Crippen LogP contribution in [0, 0.1) is 0 Å². The van der Waals surface area contributed by atoms with Crippen LogP contribution < -0.4 is 5.73 Å². The van der Waals surface area contributed by atoms with Crippen molar-refractivity contribution in [3.05, 3.63) is 18.2 Å². The molecule has 1 saturated carbocycles. The lowest BCUT2D eigenvalue weighted by Gasteiger charge is -2.29.